The van der Waals surface area contributed by atoms with E-state index in [1.807, 2.05) is 0 Å². The van der Waals surface area contributed by atoms with Gasteiger partial charge in [-0.1, -0.05) is 323 Å². The van der Waals surface area contributed by atoms with Crippen molar-refractivity contribution in [1.29, 1.82) is 0 Å². The van der Waals surface area contributed by atoms with Crippen molar-refractivity contribution in [1.82, 2.24) is 0 Å². The monoisotopic (exact) mass is 1360 g/mol. The van der Waals surface area contributed by atoms with Gasteiger partial charge in [-0.3, -0.25) is 0 Å². The van der Waals surface area contributed by atoms with Gasteiger partial charge in [0.2, 0.25) is 11.5 Å². The van der Waals surface area contributed by atoms with E-state index in [0.717, 1.165) is 77.0 Å². The Morgan fingerprint density at radius 2 is 0.459 bits per heavy atom. The maximum atomic E-state index is 14.3. The minimum atomic E-state index is -0.553. The Hall–Kier alpha value is -5.78. The first-order valence-electron chi connectivity index (χ1n) is 40.5. The highest BCUT2D eigenvalue weighted by molar-refractivity contribution is 5.93. The van der Waals surface area contributed by atoms with Crippen LogP contribution in [0.2, 0.25) is 0 Å². The number of hydrogen-bond acceptors (Lipinski definition) is 12. The van der Waals surface area contributed by atoms with Gasteiger partial charge in [-0.25, -0.2) is 9.59 Å². The van der Waals surface area contributed by atoms with Gasteiger partial charge in [-0.15, -0.1) is 0 Å². The number of carbonyl (C=O) groups is 2. The molecule has 0 atom stereocenters. The zero-order chi connectivity index (χ0) is 69.8. The third kappa shape index (κ3) is 40.5. The summed E-state index contributed by atoms with van der Waals surface area (Å²) < 4.78 is 51.6. The van der Waals surface area contributed by atoms with Crippen LogP contribution in [-0.4, -0.2) is 51.6 Å². The van der Waals surface area contributed by atoms with Crippen molar-refractivity contribution in [2.45, 2.75) is 350 Å². The number of nitrogens with zero attached hydrogens (tertiary/aromatic N) is 2. The van der Waals surface area contributed by atoms with Crippen molar-refractivity contribution < 1.29 is 47.5 Å². The van der Waals surface area contributed by atoms with Crippen molar-refractivity contribution in [3.05, 3.63) is 83.9 Å². The van der Waals surface area contributed by atoms with E-state index in [1.54, 1.807) is 72.8 Å². The van der Waals surface area contributed by atoms with Crippen molar-refractivity contribution >= 4 is 23.3 Å². The molecular formula is C86H138N2O10. The standard InChI is InChI=1S/C86H138N2O10/c1-7-13-19-25-31-37-43-49-61-91-79-67-73(68-80(92-62-50-44-38-32-26-20-14-8-2)83(79)95-65-53-47-41-35-29-23-17-11-5)85(89)97-77-59-55-57-75(71-77)87-88-76-58-56-60-78(72-76)98-86(90)74-69-81(93-63-51-45-39-33-27-21-15-9-3)84(96-66-54-48-42-36-30-24-18-12-6)82(70-74)94-64-52-46-40-34-28-22-16-10-4/h55-60,67-72H,7-54,61-66H2,1-6H3. The first kappa shape index (κ1) is 84.6. The van der Waals surface area contributed by atoms with Gasteiger partial charge in [-0.2, -0.15) is 10.2 Å². The highest BCUT2D eigenvalue weighted by Gasteiger charge is 2.23. The maximum Gasteiger partial charge on any atom is 0.343 e. The van der Waals surface area contributed by atoms with Crippen molar-refractivity contribution in [3.63, 3.8) is 0 Å². The summed E-state index contributed by atoms with van der Waals surface area (Å²) in [5, 5.41) is 9.10. The molecule has 98 heavy (non-hydrogen) atoms. The Morgan fingerprint density at radius 1 is 0.255 bits per heavy atom. The molecule has 0 saturated heterocycles. The summed E-state index contributed by atoms with van der Waals surface area (Å²) in [6.45, 7) is 16.6. The van der Waals surface area contributed by atoms with E-state index >= 15 is 0 Å². The van der Waals surface area contributed by atoms with Crippen LogP contribution in [0.15, 0.2) is 83.0 Å². The fourth-order valence-corrected chi connectivity index (χ4v) is 12.3. The fourth-order valence-electron chi connectivity index (χ4n) is 12.3. The summed E-state index contributed by atoms with van der Waals surface area (Å²) >= 11 is 0. The average molecular weight is 1360 g/mol. The van der Waals surface area contributed by atoms with Gasteiger partial charge in [0.1, 0.15) is 11.5 Å². The number of benzene rings is 4. The second-order valence-corrected chi connectivity index (χ2v) is 27.5. The van der Waals surface area contributed by atoms with Crippen LogP contribution in [0, 0.1) is 0 Å². The largest absolute Gasteiger partial charge is 0.490 e. The lowest BCUT2D eigenvalue weighted by Gasteiger charge is -2.19. The van der Waals surface area contributed by atoms with E-state index in [1.165, 1.54) is 231 Å². The van der Waals surface area contributed by atoms with Crippen LogP contribution in [0.3, 0.4) is 0 Å². The molecule has 0 N–H and O–H groups in total. The van der Waals surface area contributed by atoms with Gasteiger partial charge in [-0.05, 0) is 87.1 Å². The van der Waals surface area contributed by atoms with E-state index in [2.05, 4.69) is 51.8 Å². The molecule has 0 radical (unpaired) electrons. The maximum absolute atomic E-state index is 14.3. The fraction of sp³-hybridized carbons (Fsp3) is 0.698. The molecule has 0 aromatic heterocycles. The summed E-state index contributed by atoms with van der Waals surface area (Å²) in [5.41, 5.74) is 1.55. The Labute approximate surface area is 597 Å². The molecule has 4 aromatic rings. The van der Waals surface area contributed by atoms with Gasteiger partial charge in [0, 0.05) is 12.1 Å². The Balaban J connectivity index is 1.54. The molecule has 12 nitrogen and oxygen atoms in total. The number of ether oxygens (including phenoxy) is 8. The Morgan fingerprint density at radius 3 is 0.684 bits per heavy atom. The predicted octanol–water partition coefficient (Wildman–Crippen LogP) is 27.7. The van der Waals surface area contributed by atoms with E-state index in [9.17, 15) is 9.59 Å². The number of esters is 2. The van der Waals surface area contributed by atoms with E-state index in [0.29, 0.717) is 108 Å². The number of carbonyl (C=O) groups excluding carboxylic acids is 2. The molecule has 4 rings (SSSR count). The molecule has 0 aliphatic carbocycles. The van der Waals surface area contributed by atoms with Gasteiger partial charge in [0.25, 0.3) is 0 Å². The zero-order valence-corrected chi connectivity index (χ0v) is 63.1. The van der Waals surface area contributed by atoms with Gasteiger partial charge in [0.15, 0.2) is 23.0 Å². The van der Waals surface area contributed by atoms with Crippen LogP contribution in [0.4, 0.5) is 11.4 Å². The second-order valence-electron chi connectivity index (χ2n) is 27.5. The number of rotatable bonds is 66. The lowest BCUT2D eigenvalue weighted by atomic mass is 10.1. The van der Waals surface area contributed by atoms with Crippen molar-refractivity contribution in [3.8, 4) is 46.0 Å². The van der Waals surface area contributed by atoms with Crippen molar-refractivity contribution in [2.24, 2.45) is 10.2 Å². The average Bonchev–Trinajstić information content (AvgIpc) is 0.833. The zero-order valence-electron chi connectivity index (χ0n) is 63.1. The highest BCUT2D eigenvalue weighted by Crippen LogP contribution is 2.42. The molecule has 0 heterocycles. The van der Waals surface area contributed by atoms with E-state index < -0.39 is 11.9 Å². The molecule has 0 fully saturated rings. The quantitative estimate of drug-likeness (QED) is 0.0182. The van der Waals surface area contributed by atoms with Crippen molar-refractivity contribution in [2.75, 3.05) is 39.6 Å². The van der Waals surface area contributed by atoms with Crippen LogP contribution in [0.1, 0.15) is 370 Å². The molecule has 552 valence electrons. The summed E-state index contributed by atoms with van der Waals surface area (Å²) in [6, 6.07) is 21.0. The molecule has 0 unspecified atom stereocenters. The lowest BCUT2D eigenvalue weighted by Crippen LogP contribution is -2.12. The first-order chi connectivity index (χ1) is 48.3. The van der Waals surface area contributed by atoms with Crippen LogP contribution in [0.5, 0.6) is 46.0 Å². The van der Waals surface area contributed by atoms with E-state index in [-0.39, 0.29) is 0 Å². The van der Waals surface area contributed by atoms with Gasteiger partial charge < -0.3 is 37.9 Å². The highest BCUT2D eigenvalue weighted by atomic mass is 16.6. The molecule has 0 bridgehead atoms. The Bertz CT molecular complexity index is 2370. The predicted molar refractivity (Wildman–Crippen MR) is 408 cm³/mol. The third-order valence-corrected chi connectivity index (χ3v) is 18.4. The summed E-state index contributed by atoms with van der Waals surface area (Å²) in [6.07, 6.45) is 57.2. The summed E-state index contributed by atoms with van der Waals surface area (Å²) in [4.78, 5) is 28.6. The topological polar surface area (TPSA) is 133 Å². The van der Waals surface area contributed by atoms with Crippen LogP contribution < -0.4 is 37.9 Å². The Kier molecular flexibility index (Phi) is 50.9. The normalized spacial score (nSPS) is 11.4. The molecule has 4 aromatic carbocycles. The van der Waals surface area contributed by atoms with Gasteiger partial charge >= 0.3 is 11.9 Å². The molecule has 12 heteroatoms. The van der Waals surface area contributed by atoms with Crippen LogP contribution in [-0.2, 0) is 0 Å². The van der Waals surface area contributed by atoms with E-state index in [4.69, 9.17) is 37.9 Å². The smallest absolute Gasteiger partial charge is 0.343 e. The number of unbranched alkanes of at least 4 members (excludes halogenated alkanes) is 42. The second kappa shape index (κ2) is 59.0. The van der Waals surface area contributed by atoms with Crippen LogP contribution in [0.25, 0.3) is 0 Å². The molecule has 0 saturated carbocycles. The summed E-state index contributed by atoms with van der Waals surface area (Å²) in [5.74, 6) is 2.62. The molecule has 0 aliphatic heterocycles. The third-order valence-electron chi connectivity index (χ3n) is 18.4. The lowest BCUT2D eigenvalue weighted by molar-refractivity contribution is 0.0724. The SMILES string of the molecule is CCCCCCCCCCOc1cc(C(=O)Oc2cccc(N=Nc3cccc(OC(=O)c4cc(OCCCCCCCCCC)c(OCCCCCCCCCC)c(OCCCCCCCCCC)c4)c3)c2)cc(OCCCCCCCCCC)c1OCCCCCCCCCC. The first-order valence-corrected chi connectivity index (χ1v) is 40.5. The minimum Gasteiger partial charge on any atom is -0.490 e. The number of azo groups is 1. The molecule has 0 spiro atoms. The molecule has 0 aliphatic rings. The minimum absolute atomic E-state index is 0.304. The molecule has 0 amide bonds. The summed E-state index contributed by atoms with van der Waals surface area (Å²) in [7, 11) is 0. The van der Waals surface area contributed by atoms with Gasteiger partial charge in [0.05, 0.1) is 62.1 Å². The number of hydrogen-bond donors (Lipinski definition) is 0. The van der Waals surface area contributed by atoms with Crippen LogP contribution >= 0.6 is 0 Å². The molecular weight excluding hydrogens is 1220 g/mol.